The van der Waals surface area contributed by atoms with Crippen LogP contribution in [0.15, 0.2) is 53.5 Å². The maximum atomic E-state index is 13.4. The van der Waals surface area contributed by atoms with E-state index in [2.05, 4.69) is 10.1 Å². The fourth-order valence-corrected chi connectivity index (χ4v) is 3.78. The molecule has 0 aliphatic heterocycles. The highest BCUT2D eigenvalue weighted by Crippen LogP contribution is 2.25. The Bertz CT molecular complexity index is 1410. The van der Waals surface area contributed by atoms with Crippen molar-refractivity contribution in [3.8, 4) is 22.7 Å². The summed E-state index contributed by atoms with van der Waals surface area (Å²) in [6.07, 6.45) is 0.764. The lowest BCUT2D eigenvalue weighted by Gasteiger charge is -2.15. The van der Waals surface area contributed by atoms with E-state index in [4.69, 9.17) is 21.1 Å². The van der Waals surface area contributed by atoms with Crippen molar-refractivity contribution in [3.05, 3.63) is 75.4 Å². The van der Waals surface area contributed by atoms with E-state index in [1.165, 1.54) is 4.40 Å². The second-order valence-corrected chi connectivity index (χ2v) is 7.95. The molecule has 3 aromatic heterocycles. The van der Waals surface area contributed by atoms with Crippen molar-refractivity contribution in [1.82, 2.24) is 19.2 Å². The van der Waals surface area contributed by atoms with Gasteiger partial charge in [0.2, 0.25) is 0 Å². The first kappa shape index (κ1) is 22.5. The first-order valence-corrected chi connectivity index (χ1v) is 10.9. The van der Waals surface area contributed by atoms with E-state index < -0.39 is 12.1 Å². The van der Waals surface area contributed by atoms with E-state index in [-0.39, 0.29) is 12.2 Å². The summed E-state index contributed by atoms with van der Waals surface area (Å²) in [6, 6.07) is 12.5. The molecule has 0 radical (unpaired) electrons. The van der Waals surface area contributed by atoms with Crippen molar-refractivity contribution >= 4 is 23.2 Å². The zero-order valence-corrected chi connectivity index (χ0v) is 19.5. The summed E-state index contributed by atoms with van der Waals surface area (Å²) in [5, 5.41) is 5.24. The Kier molecular flexibility index (Phi) is 6.20. The molecule has 1 aromatic carbocycles. The third-order valence-electron chi connectivity index (χ3n) is 5.12. The van der Waals surface area contributed by atoms with Crippen LogP contribution in [0, 0.1) is 13.8 Å². The molecule has 0 N–H and O–H groups in total. The van der Waals surface area contributed by atoms with Crippen LogP contribution in [-0.4, -0.2) is 37.8 Å². The third-order valence-corrected chi connectivity index (χ3v) is 5.35. The number of hydrogen-bond acceptors (Lipinski definition) is 6. The number of benzene rings is 1. The molecule has 3 heterocycles. The molecule has 0 bridgehead atoms. The zero-order valence-electron chi connectivity index (χ0n) is 18.7. The molecule has 4 rings (SSSR count). The van der Waals surface area contributed by atoms with Crippen LogP contribution < -0.4 is 10.3 Å². The van der Waals surface area contributed by atoms with Gasteiger partial charge in [-0.1, -0.05) is 17.7 Å². The number of carbonyl (C=O) groups excluding carboxylic acids is 1. The number of carbonyl (C=O) groups is 1. The maximum absolute atomic E-state index is 13.4. The Balaban J connectivity index is 1.79. The molecule has 1 unspecified atom stereocenters. The number of hydrogen-bond donors (Lipinski definition) is 0. The summed E-state index contributed by atoms with van der Waals surface area (Å²) < 4.78 is 13.9. The normalized spacial score (nSPS) is 12.0. The summed E-state index contributed by atoms with van der Waals surface area (Å²) in [6.45, 7) is 7.22. The van der Waals surface area contributed by atoms with E-state index in [9.17, 15) is 9.59 Å². The summed E-state index contributed by atoms with van der Waals surface area (Å²) in [4.78, 5) is 30.0. The third kappa shape index (κ3) is 4.34. The molecule has 0 amide bonds. The fourth-order valence-electron chi connectivity index (χ4n) is 3.59. The number of aromatic nitrogens is 4. The molecule has 0 aliphatic carbocycles. The van der Waals surface area contributed by atoms with E-state index in [1.54, 1.807) is 55.9 Å². The van der Waals surface area contributed by atoms with Gasteiger partial charge in [-0.05, 0) is 64.1 Å². The van der Waals surface area contributed by atoms with Crippen molar-refractivity contribution in [2.75, 3.05) is 6.61 Å². The van der Waals surface area contributed by atoms with Crippen molar-refractivity contribution in [2.45, 2.75) is 33.8 Å². The number of fused-ring (bicyclic) bond motifs is 1. The Morgan fingerprint density at radius 2 is 1.97 bits per heavy atom. The lowest BCUT2D eigenvalue weighted by Crippen LogP contribution is -2.27. The fraction of sp³-hybridized carbons (Fsp3) is 0.250. The van der Waals surface area contributed by atoms with Crippen molar-refractivity contribution in [2.24, 2.45) is 0 Å². The molecule has 0 fully saturated rings. The highest BCUT2D eigenvalue weighted by molar-refractivity contribution is 6.30. The molecular formula is C24H23ClN4O4. The maximum Gasteiger partial charge on any atom is 0.347 e. The molecule has 0 saturated carbocycles. The average molecular weight is 467 g/mol. The predicted octanol–water partition coefficient (Wildman–Crippen LogP) is 4.15. The standard InChI is InChI=1S/C24H23ClN4O4/c1-5-32-24(31)16(4)33-20-10-7-11-28-22(20)26-15(3)21(23(28)30)19-12-14(2)29(27-19)18-9-6-8-17(25)13-18/h6-13,16H,5H2,1-4H3. The predicted molar refractivity (Wildman–Crippen MR) is 125 cm³/mol. The van der Waals surface area contributed by atoms with Crippen molar-refractivity contribution in [1.29, 1.82) is 0 Å². The molecule has 0 aliphatic rings. The Morgan fingerprint density at radius 1 is 1.18 bits per heavy atom. The van der Waals surface area contributed by atoms with Gasteiger partial charge in [0.25, 0.3) is 5.56 Å². The van der Waals surface area contributed by atoms with Crippen LogP contribution in [0.2, 0.25) is 5.02 Å². The number of aryl methyl sites for hydroxylation is 2. The van der Waals surface area contributed by atoms with Crippen LogP contribution in [0.3, 0.4) is 0 Å². The molecule has 170 valence electrons. The quantitative estimate of drug-likeness (QED) is 0.397. The van der Waals surface area contributed by atoms with E-state index in [0.717, 1.165) is 11.4 Å². The van der Waals surface area contributed by atoms with E-state index >= 15 is 0 Å². The first-order chi connectivity index (χ1) is 15.8. The smallest absolute Gasteiger partial charge is 0.347 e. The number of nitrogens with zero attached hydrogens (tertiary/aromatic N) is 4. The summed E-state index contributed by atoms with van der Waals surface area (Å²) in [5.41, 5.74) is 3.04. The van der Waals surface area contributed by atoms with Gasteiger partial charge >= 0.3 is 5.97 Å². The van der Waals surface area contributed by atoms with Crippen LogP contribution in [-0.2, 0) is 9.53 Å². The second-order valence-electron chi connectivity index (χ2n) is 7.52. The molecule has 9 heteroatoms. The minimum Gasteiger partial charge on any atom is -0.475 e. The highest BCUT2D eigenvalue weighted by atomic mass is 35.5. The average Bonchev–Trinajstić information content (AvgIpc) is 3.15. The number of halogens is 1. The number of esters is 1. The number of pyridine rings is 1. The van der Waals surface area contributed by atoms with Crippen LogP contribution in [0.1, 0.15) is 25.2 Å². The van der Waals surface area contributed by atoms with Crippen LogP contribution in [0.25, 0.3) is 22.6 Å². The van der Waals surface area contributed by atoms with Gasteiger partial charge in [-0.15, -0.1) is 0 Å². The van der Waals surface area contributed by atoms with Crippen molar-refractivity contribution in [3.63, 3.8) is 0 Å². The van der Waals surface area contributed by atoms with Crippen LogP contribution >= 0.6 is 11.6 Å². The molecule has 8 nitrogen and oxygen atoms in total. The second kappa shape index (κ2) is 9.07. The first-order valence-electron chi connectivity index (χ1n) is 10.5. The molecular weight excluding hydrogens is 444 g/mol. The lowest BCUT2D eigenvalue weighted by molar-refractivity contribution is -0.150. The molecule has 4 aromatic rings. The van der Waals surface area contributed by atoms with Gasteiger partial charge in [-0.2, -0.15) is 5.10 Å². The SMILES string of the molecule is CCOC(=O)C(C)Oc1cccn2c(=O)c(-c3cc(C)n(-c4cccc(Cl)c4)n3)c(C)nc12. The number of ether oxygens (including phenoxy) is 2. The summed E-state index contributed by atoms with van der Waals surface area (Å²) >= 11 is 6.13. The van der Waals surface area contributed by atoms with Crippen LogP contribution in [0.5, 0.6) is 5.75 Å². The van der Waals surface area contributed by atoms with Gasteiger partial charge in [-0.25, -0.2) is 14.5 Å². The summed E-state index contributed by atoms with van der Waals surface area (Å²) in [7, 11) is 0. The molecule has 1 atom stereocenters. The molecule has 33 heavy (non-hydrogen) atoms. The van der Waals surface area contributed by atoms with E-state index in [0.29, 0.717) is 33.4 Å². The van der Waals surface area contributed by atoms with Gasteiger partial charge in [0.1, 0.15) is 5.69 Å². The van der Waals surface area contributed by atoms with E-state index in [1.807, 2.05) is 25.1 Å². The minimum absolute atomic E-state index is 0.253. The van der Waals surface area contributed by atoms with Crippen LogP contribution in [0.4, 0.5) is 0 Å². The topological polar surface area (TPSA) is 87.7 Å². The van der Waals surface area contributed by atoms with Gasteiger partial charge in [0.15, 0.2) is 17.5 Å². The zero-order chi connectivity index (χ0) is 23.7. The minimum atomic E-state index is -0.843. The van der Waals surface area contributed by atoms with Gasteiger partial charge in [-0.3, -0.25) is 9.20 Å². The molecule has 0 spiro atoms. The monoisotopic (exact) mass is 466 g/mol. The van der Waals surface area contributed by atoms with Gasteiger partial charge in [0.05, 0.1) is 23.6 Å². The Morgan fingerprint density at radius 3 is 2.70 bits per heavy atom. The highest BCUT2D eigenvalue weighted by Gasteiger charge is 2.21. The van der Waals surface area contributed by atoms with Gasteiger partial charge in [0, 0.05) is 16.9 Å². The Hall–Kier alpha value is -3.65. The number of rotatable bonds is 6. The van der Waals surface area contributed by atoms with Gasteiger partial charge < -0.3 is 9.47 Å². The lowest BCUT2D eigenvalue weighted by atomic mass is 10.1. The Labute approximate surface area is 195 Å². The molecule has 0 saturated heterocycles. The largest absolute Gasteiger partial charge is 0.475 e. The summed E-state index contributed by atoms with van der Waals surface area (Å²) in [5.74, 6) is -0.178. The van der Waals surface area contributed by atoms with Crippen molar-refractivity contribution < 1.29 is 14.3 Å².